The van der Waals surface area contributed by atoms with Gasteiger partial charge in [0.1, 0.15) is 6.04 Å². The minimum atomic E-state index is -0.204. The fourth-order valence-corrected chi connectivity index (χ4v) is 5.18. The average Bonchev–Trinajstić information content (AvgIpc) is 3.50. The van der Waals surface area contributed by atoms with Gasteiger partial charge < -0.3 is 20.1 Å². The molecule has 2 aromatic heterocycles. The number of rotatable bonds is 6. The molecule has 0 bridgehead atoms. The number of halogens is 1. The van der Waals surface area contributed by atoms with Crippen molar-refractivity contribution in [2.45, 2.75) is 32.9 Å². The zero-order chi connectivity index (χ0) is 26.1. The van der Waals surface area contributed by atoms with E-state index in [4.69, 9.17) is 23.8 Å². The number of hydrogen-bond acceptors (Lipinski definition) is 3. The molecule has 0 aliphatic carbocycles. The van der Waals surface area contributed by atoms with Gasteiger partial charge in [-0.25, -0.2) is 0 Å². The molecule has 8 heteroatoms. The summed E-state index contributed by atoms with van der Waals surface area (Å²) in [6.45, 7) is 5.78. The first-order chi connectivity index (χ1) is 17.8. The van der Waals surface area contributed by atoms with Gasteiger partial charge in [-0.2, -0.15) is 0 Å². The Morgan fingerprint density at radius 1 is 1.05 bits per heavy atom. The van der Waals surface area contributed by atoms with Crippen LogP contribution in [-0.4, -0.2) is 20.6 Å². The van der Waals surface area contributed by atoms with Crippen LogP contribution >= 0.6 is 23.8 Å². The molecule has 0 saturated carbocycles. The summed E-state index contributed by atoms with van der Waals surface area (Å²) in [6.07, 6.45) is 3.86. The molecule has 1 aliphatic rings. The van der Waals surface area contributed by atoms with E-state index in [9.17, 15) is 4.79 Å². The van der Waals surface area contributed by atoms with Crippen molar-refractivity contribution in [2.24, 2.45) is 5.92 Å². The van der Waals surface area contributed by atoms with Crippen molar-refractivity contribution < 1.29 is 4.79 Å². The molecule has 4 aromatic rings. The molecule has 37 heavy (non-hydrogen) atoms. The van der Waals surface area contributed by atoms with Crippen LogP contribution in [0.2, 0.25) is 5.02 Å². The lowest BCUT2D eigenvalue weighted by atomic mass is 10.0. The molecule has 3 heterocycles. The second kappa shape index (κ2) is 10.4. The van der Waals surface area contributed by atoms with E-state index in [1.165, 1.54) is 5.56 Å². The number of aromatic nitrogens is 2. The number of carbonyl (C=O) groups excluding carboxylic acids is 1. The van der Waals surface area contributed by atoms with Gasteiger partial charge in [0, 0.05) is 35.4 Å². The van der Waals surface area contributed by atoms with E-state index < -0.39 is 0 Å². The summed E-state index contributed by atoms with van der Waals surface area (Å²) in [4.78, 5) is 19.0. The van der Waals surface area contributed by atoms with E-state index in [2.05, 4.69) is 68.5 Å². The Morgan fingerprint density at radius 3 is 2.59 bits per heavy atom. The Balaban J connectivity index is 1.60. The molecule has 0 spiro atoms. The maximum absolute atomic E-state index is 12.2. The van der Waals surface area contributed by atoms with E-state index >= 15 is 0 Å². The van der Waals surface area contributed by atoms with Gasteiger partial charge in [-0.05, 0) is 79.3 Å². The first-order valence-corrected chi connectivity index (χ1v) is 13.0. The van der Waals surface area contributed by atoms with Crippen LogP contribution in [0.5, 0.6) is 0 Å². The van der Waals surface area contributed by atoms with Crippen molar-refractivity contribution in [3.63, 3.8) is 0 Å². The quantitative estimate of drug-likeness (QED) is 0.275. The third-order valence-corrected chi connectivity index (χ3v) is 7.10. The Bertz CT molecular complexity index is 1450. The van der Waals surface area contributed by atoms with Crippen molar-refractivity contribution in [1.82, 2.24) is 14.9 Å². The van der Waals surface area contributed by atoms with E-state index in [0.29, 0.717) is 15.8 Å². The average molecular weight is 530 g/mol. The fourth-order valence-electron chi connectivity index (χ4n) is 4.61. The number of thiocarbonyl (C=S) groups is 1. The van der Waals surface area contributed by atoms with E-state index in [1.807, 2.05) is 56.3 Å². The predicted molar refractivity (Wildman–Crippen MR) is 153 cm³/mol. The monoisotopic (exact) mass is 529 g/mol. The molecule has 2 atom stereocenters. The van der Waals surface area contributed by atoms with Crippen molar-refractivity contribution in [3.8, 4) is 5.69 Å². The number of aryl methyl sites for hydroxylation is 1. The summed E-state index contributed by atoms with van der Waals surface area (Å²) in [5.41, 5.74) is 5.60. The predicted octanol–water partition coefficient (Wildman–Crippen LogP) is 6.61. The Morgan fingerprint density at radius 2 is 1.89 bits per heavy atom. The number of anilines is 2. The third-order valence-electron chi connectivity index (χ3n) is 6.47. The molecular formula is C29H28ClN5OS. The second-order valence-corrected chi connectivity index (χ2v) is 10.2. The third kappa shape index (κ3) is 4.97. The molecule has 1 fully saturated rings. The number of carbonyl (C=O) groups is 1. The number of benzene rings is 2. The Labute approximate surface area is 227 Å². The summed E-state index contributed by atoms with van der Waals surface area (Å²) in [5.74, 6) is -0.235. The lowest BCUT2D eigenvalue weighted by Crippen LogP contribution is -2.30. The second-order valence-electron chi connectivity index (χ2n) is 9.45. The van der Waals surface area contributed by atoms with Gasteiger partial charge in [0.15, 0.2) is 5.11 Å². The van der Waals surface area contributed by atoms with Gasteiger partial charge in [-0.1, -0.05) is 43.6 Å². The SMILES string of the molecule is Cc1cccc(-n2cccc2[C@@H]2[C@H](c3ccccn3)NC(=S)N2c2ccc(NC(=O)C(C)C)c(Cl)c2)c1. The molecule has 6 nitrogen and oxygen atoms in total. The molecule has 188 valence electrons. The maximum atomic E-state index is 12.2. The zero-order valence-electron chi connectivity index (χ0n) is 20.9. The number of hydrogen-bond donors (Lipinski definition) is 2. The minimum absolute atomic E-state index is 0.0860. The molecule has 2 aromatic carbocycles. The normalized spacial score (nSPS) is 17.2. The summed E-state index contributed by atoms with van der Waals surface area (Å²) in [5, 5.41) is 7.42. The first-order valence-electron chi connectivity index (χ1n) is 12.2. The molecule has 1 aliphatic heterocycles. The molecule has 1 saturated heterocycles. The van der Waals surface area contributed by atoms with E-state index in [1.54, 1.807) is 6.20 Å². The lowest BCUT2D eigenvalue weighted by molar-refractivity contribution is -0.118. The van der Waals surface area contributed by atoms with Gasteiger partial charge in [0.25, 0.3) is 0 Å². The van der Waals surface area contributed by atoms with Crippen LogP contribution < -0.4 is 15.5 Å². The van der Waals surface area contributed by atoms with Crippen molar-refractivity contribution in [1.29, 1.82) is 0 Å². The van der Waals surface area contributed by atoms with Gasteiger partial charge >= 0.3 is 0 Å². The highest BCUT2D eigenvalue weighted by atomic mass is 35.5. The van der Waals surface area contributed by atoms with E-state index in [0.717, 1.165) is 22.8 Å². The molecule has 5 rings (SSSR count). The number of amides is 1. The number of nitrogens with one attached hydrogen (secondary N) is 2. The van der Waals surface area contributed by atoms with Crippen LogP contribution in [0.25, 0.3) is 5.69 Å². The van der Waals surface area contributed by atoms with Gasteiger partial charge in [0.05, 0.1) is 22.4 Å². The first kappa shape index (κ1) is 25.0. The van der Waals surface area contributed by atoms with E-state index in [-0.39, 0.29) is 23.9 Å². The molecule has 1 amide bonds. The van der Waals surface area contributed by atoms with Crippen LogP contribution in [0.15, 0.2) is 85.2 Å². The summed E-state index contributed by atoms with van der Waals surface area (Å²) in [7, 11) is 0. The molecule has 2 N–H and O–H groups in total. The van der Waals surface area contributed by atoms with Crippen molar-refractivity contribution >= 4 is 46.2 Å². The molecule has 0 radical (unpaired) electrons. The molecular weight excluding hydrogens is 502 g/mol. The van der Waals surface area contributed by atoms with Crippen LogP contribution in [0.4, 0.5) is 11.4 Å². The van der Waals surface area contributed by atoms with Gasteiger partial charge in [-0.3, -0.25) is 9.78 Å². The molecule has 0 unspecified atom stereocenters. The Kier molecular flexibility index (Phi) is 7.00. The summed E-state index contributed by atoms with van der Waals surface area (Å²) >= 11 is 12.5. The van der Waals surface area contributed by atoms with Crippen molar-refractivity contribution in [3.05, 3.63) is 107 Å². The number of nitrogens with zero attached hydrogens (tertiary/aromatic N) is 3. The minimum Gasteiger partial charge on any atom is -0.351 e. The highest BCUT2D eigenvalue weighted by Crippen LogP contribution is 2.43. The van der Waals surface area contributed by atoms with Gasteiger partial charge in [-0.15, -0.1) is 0 Å². The van der Waals surface area contributed by atoms with Crippen LogP contribution in [0, 0.1) is 12.8 Å². The summed E-state index contributed by atoms with van der Waals surface area (Å²) < 4.78 is 2.19. The van der Waals surface area contributed by atoms with Gasteiger partial charge in [0.2, 0.25) is 5.91 Å². The standard InChI is InChI=1S/C29H28ClN5OS/c1-18(2)28(36)32-23-13-12-21(17-22(23)30)35-27(26(33-29(35)37)24-10-4-5-14-31-24)25-11-7-15-34(25)20-9-6-8-19(3)16-20/h4-18,26-27H,1-3H3,(H,32,36)(H,33,37)/t26-,27+/m0/s1. The fraction of sp³-hybridized carbons (Fsp3) is 0.207. The van der Waals surface area contributed by atoms with Crippen LogP contribution in [0.3, 0.4) is 0 Å². The largest absolute Gasteiger partial charge is 0.351 e. The smallest absolute Gasteiger partial charge is 0.226 e. The number of pyridine rings is 1. The maximum Gasteiger partial charge on any atom is 0.226 e. The zero-order valence-corrected chi connectivity index (χ0v) is 22.4. The topological polar surface area (TPSA) is 62.2 Å². The highest BCUT2D eigenvalue weighted by Gasteiger charge is 2.42. The lowest BCUT2D eigenvalue weighted by Gasteiger charge is -2.29. The van der Waals surface area contributed by atoms with Crippen LogP contribution in [-0.2, 0) is 4.79 Å². The van der Waals surface area contributed by atoms with Crippen LogP contribution in [0.1, 0.15) is 42.9 Å². The highest BCUT2D eigenvalue weighted by molar-refractivity contribution is 7.80. The van der Waals surface area contributed by atoms with Crippen molar-refractivity contribution in [2.75, 3.05) is 10.2 Å². The summed E-state index contributed by atoms with van der Waals surface area (Å²) in [6, 6.07) is 23.7. The Hall–Kier alpha value is -3.68.